The van der Waals surface area contributed by atoms with Gasteiger partial charge < -0.3 is 30.4 Å². The summed E-state index contributed by atoms with van der Waals surface area (Å²) in [4.78, 5) is 8.61. The summed E-state index contributed by atoms with van der Waals surface area (Å²) in [6.45, 7) is 6.04. The number of nitrogens with zero attached hydrogens (tertiary/aromatic N) is 4. The van der Waals surface area contributed by atoms with Crippen LogP contribution in [0.4, 0.5) is 24.7 Å². The zero-order valence-electron chi connectivity index (χ0n) is 21.2. The third-order valence-electron chi connectivity index (χ3n) is 4.50. The Bertz CT molecular complexity index is 862. The highest BCUT2D eigenvalue weighted by atomic mass is 19.3. The minimum Gasteiger partial charge on any atom is -0.378 e. The van der Waals surface area contributed by atoms with Crippen LogP contribution in [0.5, 0.6) is 0 Å². The lowest BCUT2D eigenvalue weighted by Crippen LogP contribution is -2.23. The lowest BCUT2D eigenvalue weighted by molar-refractivity contribution is -0.0728. The van der Waals surface area contributed by atoms with Crippen LogP contribution in [0.1, 0.15) is 25.5 Å². The predicted octanol–water partition coefficient (Wildman–Crippen LogP) is 2.98. The van der Waals surface area contributed by atoms with E-state index in [-0.39, 0.29) is 11.7 Å². The molecule has 1 aromatic heterocycles. The van der Waals surface area contributed by atoms with Crippen LogP contribution in [0.25, 0.3) is 0 Å². The van der Waals surface area contributed by atoms with E-state index in [9.17, 15) is 13.2 Å². The standard InChI is InChI=1S/C21H29FN6O3.C2H6.CH2F2O/c22-18-1-3-19(4-2-18)27-21-13-20(24-16-25-21)17-14-26-28(15-17)6-8-30-10-12-31-11-9-29-7-5-23;1-2;2-1(3)4/h1-4,13-14,16-17H,5-12,15,23H2,(H,24,25,27);1-2H3;1,4H. The normalized spacial score (nSPS) is 14.2. The molecule has 10 nitrogen and oxygen atoms in total. The topological polar surface area (TPSA) is 127 Å². The number of aliphatic hydroxyl groups is 1. The molecule has 37 heavy (non-hydrogen) atoms. The molecule has 0 amide bonds. The smallest absolute Gasteiger partial charge is 0.342 e. The Kier molecular flexibility index (Phi) is 17.6. The van der Waals surface area contributed by atoms with Crippen LogP contribution < -0.4 is 11.1 Å². The quantitative estimate of drug-likeness (QED) is 0.316. The summed E-state index contributed by atoms with van der Waals surface area (Å²) in [5.74, 6) is 0.453. The first-order chi connectivity index (χ1) is 18.0. The fourth-order valence-electron chi connectivity index (χ4n) is 2.93. The number of rotatable bonds is 14. The molecular formula is C24H37F3N6O4. The summed E-state index contributed by atoms with van der Waals surface area (Å²) in [7, 11) is 0. The number of halogens is 3. The Hall–Kier alpha value is -2.84. The van der Waals surface area contributed by atoms with Crippen LogP contribution in [0.15, 0.2) is 41.8 Å². The minimum atomic E-state index is -3.17. The van der Waals surface area contributed by atoms with Crippen LogP contribution in [0, 0.1) is 5.82 Å². The Morgan fingerprint density at radius 2 is 1.62 bits per heavy atom. The van der Waals surface area contributed by atoms with Gasteiger partial charge in [0.05, 0.1) is 57.8 Å². The van der Waals surface area contributed by atoms with Crippen molar-refractivity contribution in [2.45, 2.75) is 26.4 Å². The van der Waals surface area contributed by atoms with E-state index in [2.05, 4.69) is 20.4 Å². The van der Waals surface area contributed by atoms with E-state index in [0.29, 0.717) is 58.5 Å². The molecule has 2 aromatic rings. The molecule has 1 aliphatic heterocycles. The Labute approximate surface area is 215 Å². The molecule has 0 bridgehead atoms. The predicted molar refractivity (Wildman–Crippen MR) is 136 cm³/mol. The van der Waals surface area contributed by atoms with E-state index >= 15 is 0 Å². The highest BCUT2D eigenvalue weighted by molar-refractivity contribution is 5.69. The number of hydrazone groups is 1. The van der Waals surface area contributed by atoms with Gasteiger partial charge in [-0.15, -0.1) is 0 Å². The molecule has 0 radical (unpaired) electrons. The molecule has 1 aliphatic rings. The molecule has 4 N–H and O–H groups in total. The maximum Gasteiger partial charge on any atom is 0.342 e. The number of alkyl halides is 2. The molecule has 1 aromatic carbocycles. The van der Waals surface area contributed by atoms with Gasteiger partial charge in [0.1, 0.15) is 18.0 Å². The molecule has 0 saturated carbocycles. The Morgan fingerprint density at radius 1 is 1.03 bits per heavy atom. The molecule has 0 saturated heterocycles. The lowest BCUT2D eigenvalue weighted by atomic mass is 10.1. The van der Waals surface area contributed by atoms with Gasteiger partial charge >= 0.3 is 6.61 Å². The maximum atomic E-state index is 13.1. The summed E-state index contributed by atoms with van der Waals surface area (Å²) >= 11 is 0. The number of hydrogen-bond donors (Lipinski definition) is 3. The molecule has 13 heteroatoms. The van der Waals surface area contributed by atoms with Crippen LogP contribution in [-0.4, -0.2) is 92.2 Å². The third kappa shape index (κ3) is 15.1. The number of ether oxygens (including phenoxy) is 3. The van der Waals surface area contributed by atoms with Gasteiger partial charge in [0, 0.05) is 31.1 Å². The minimum absolute atomic E-state index is 0.0774. The van der Waals surface area contributed by atoms with Gasteiger partial charge in [0.2, 0.25) is 0 Å². The van der Waals surface area contributed by atoms with Crippen molar-refractivity contribution in [1.82, 2.24) is 15.0 Å². The van der Waals surface area contributed by atoms with Crippen molar-refractivity contribution >= 4 is 17.7 Å². The summed E-state index contributed by atoms with van der Waals surface area (Å²) < 4.78 is 49.1. The van der Waals surface area contributed by atoms with Crippen molar-refractivity contribution in [3.63, 3.8) is 0 Å². The summed E-state index contributed by atoms with van der Waals surface area (Å²) in [5.41, 5.74) is 6.97. The van der Waals surface area contributed by atoms with Crippen molar-refractivity contribution in [2.75, 3.05) is 64.6 Å². The second kappa shape index (κ2) is 20.2. The van der Waals surface area contributed by atoms with Gasteiger partial charge in [-0.2, -0.15) is 13.9 Å². The zero-order valence-corrected chi connectivity index (χ0v) is 21.2. The van der Waals surface area contributed by atoms with E-state index in [1.807, 2.05) is 31.1 Å². The van der Waals surface area contributed by atoms with E-state index in [1.54, 1.807) is 12.1 Å². The van der Waals surface area contributed by atoms with Gasteiger partial charge in [0.25, 0.3) is 0 Å². The number of nitrogens with two attached hydrogens (primary N) is 1. The number of benzene rings is 1. The molecule has 3 rings (SSSR count). The highest BCUT2D eigenvalue weighted by Gasteiger charge is 2.21. The first kappa shape index (κ1) is 32.2. The van der Waals surface area contributed by atoms with E-state index in [1.165, 1.54) is 18.5 Å². The number of hydrogen-bond acceptors (Lipinski definition) is 10. The summed E-state index contributed by atoms with van der Waals surface area (Å²) in [5, 5.41) is 16.3. The van der Waals surface area contributed by atoms with Crippen LogP contribution in [0.2, 0.25) is 0 Å². The van der Waals surface area contributed by atoms with Crippen molar-refractivity contribution < 1.29 is 32.5 Å². The SMILES string of the molecule is CC.NCCOCCOCCOCCN1CC(c2cc(Nc3ccc(F)cc3)ncn2)C=N1.OC(F)F. The van der Waals surface area contributed by atoms with E-state index in [0.717, 1.165) is 17.9 Å². The number of aliphatic hydroxyl groups excluding tert-OH is 1. The molecular weight excluding hydrogens is 493 g/mol. The summed E-state index contributed by atoms with van der Waals surface area (Å²) in [6, 6.07) is 8.01. The largest absolute Gasteiger partial charge is 0.378 e. The average Bonchev–Trinajstić information content (AvgIpc) is 3.37. The van der Waals surface area contributed by atoms with Crippen LogP contribution >= 0.6 is 0 Å². The van der Waals surface area contributed by atoms with Crippen molar-refractivity contribution in [3.8, 4) is 0 Å². The van der Waals surface area contributed by atoms with Gasteiger partial charge in [-0.25, -0.2) is 14.4 Å². The average molecular weight is 531 g/mol. The first-order valence-electron chi connectivity index (χ1n) is 12.0. The van der Waals surface area contributed by atoms with Gasteiger partial charge in [0.15, 0.2) is 0 Å². The Morgan fingerprint density at radius 3 is 2.24 bits per heavy atom. The molecule has 0 fully saturated rings. The van der Waals surface area contributed by atoms with Crippen molar-refractivity contribution in [2.24, 2.45) is 10.8 Å². The van der Waals surface area contributed by atoms with Gasteiger partial charge in [-0.3, -0.25) is 5.01 Å². The summed E-state index contributed by atoms with van der Waals surface area (Å²) in [6.07, 6.45) is 3.40. The Balaban J connectivity index is 0.00000104. The molecule has 0 aliphatic carbocycles. The van der Waals surface area contributed by atoms with E-state index in [4.69, 9.17) is 25.1 Å². The zero-order chi connectivity index (χ0) is 27.3. The fourth-order valence-corrected chi connectivity index (χ4v) is 2.93. The number of aromatic nitrogens is 2. The third-order valence-corrected chi connectivity index (χ3v) is 4.50. The van der Waals surface area contributed by atoms with E-state index < -0.39 is 6.61 Å². The second-order valence-corrected chi connectivity index (χ2v) is 7.15. The van der Waals surface area contributed by atoms with Crippen molar-refractivity contribution in [3.05, 3.63) is 48.2 Å². The molecule has 0 spiro atoms. The monoisotopic (exact) mass is 530 g/mol. The van der Waals surface area contributed by atoms with Gasteiger partial charge in [-0.1, -0.05) is 13.8 Å². The van der Waals surface area contributed by atoms with Crippen LogP contribution in [0.3, 0.4) is 0 Å². The maximum absolute atomic E-state index is 13.1. The fraction of sp³-hybridized carbons (Fsp3) is 0.542. The molecule has 1 atom stereocenters. The van der Waals surface area contributed by atoms with Gasteiger partial charge in [-0.05, 0) is 24.3 Å². The number of anilines is 2. The first-order valence-corrected chi connectivity index (χ1v) is 12.0. The molecule has 1 unspecified atom stereocenters. The van der Waals surface area contributed by atoms with Crippen LogP contribution in [-0.2, 0) is 14.2 Å². The number of nitrogens with one attached hydrogen (secondary N) is 1. The molecule has 2 heterocycles. The lowest BCUT2D eigenvalue weighted by Gasteiger charge is -2.16. The van der Waals surface area contributed by atoms with Crippen molar-refractivity contribution in [1.29, 1.82) is 0 Å². The molecule has 208 valence electrons. The second-order valence-electron chi connectivity index (χ2n) is 7.15. The highest BCUT2D eigenvalue weighted by Crippen LogP contribution is 2.21.